The summed E-state index contributed by atoms with van der Waals surface area (Å²) < 4.78 is 32.1. The molecule has 21 heavy (non-hydrogen) atoms. The number of Topliss-reactive ketones (excluding diaryl/α,β-unsaturated/α-hetero) is 1. The molecule has 0 radical (unpaired) electrons. The Labute approximate surface area is 124 Å². The highest BCUT2D eigenvalue weighted by Crippen LogP contribution is 2.20. The highest BCUT2D eigenvalue weighted by molar-refractivity contribution is 7.89. The summed E-state index contributed by atoms with van der Waals surface area (Å²) in [6, 6.07) is 5.84. The van der Waals surface area contributed by atoms with Crippen molar-refractivity contribution in [2.75, 3.05) is 19.7 Å². The lowest BCUT2D eigenvalue weighted by Crippen LogP contribution is -2.51. The maximum absolute atomic E-state index is 12.6. The highest BCUT2D eigenvalue weighted by atomic mass is 32.2. The summed E-state index contributed by atoms with van der Waals surface area (Å²) in [5.74, 6) is -0.164. The Morgan fingerprint density at radius 3 is 2.81 bits per heavy atom. The molecule has 0 bridgehead atoms. The molecule has 1 aromatic rings. The van der Waals surface area contributed by atoms with Gasteiger partial charge in [-0.2, -0.15) is 4.31 Å². The molecule has 7 heteroatoms. The van der Waals surface area contributed by atoms with Crippen LogP contribution in [-0.4, -0.2) is 50.3 Å². The van der Waals surface area contributed by atoms with Gasteiger partial charge in [-0.05, 0) is 26.0 Å². The summed E-state index contributed by atoms with van der Waals surface area (Å²) in [6.07, 6.45) is -0.315. The number of nitrogens with zero attached hydrogens (tertiary/aromatic N) is 1. The van der Waals surface area contributed by atoms with E-state index < -0.39 is 10.0 Å². The first-order valence-corrected chi connectivity index (χ1v) is 8.24. The minimum atomic E-state index is -3.64. The van der Waals surface area contributed by atoms with Gasteiger partial charge >= 0.3 is 0 Å². The first-order valence-electron chi connectivity index (χ1n) is 6.80. The largest absolute Gasteiger partial charge is 0.374 e. The molecule has 1 fully saturated rings. The Balaban J connectivity index is 2.29. The van der Waals surface area contributed by atoms with E-state index in [1.165, 1.54) is 23.4 Å². The third-order valence-corrected chi connectivity index (χ3v) is 5.38. The zero-order valence-corrected chi connectivity index (χ0v) is 13.0. The van der Waals surface area contributed by atoms with Gasteiger partial charge in [0.15, 0.2) is 5.78 Å². The number of ketones is 1. The van der Waals surface area contributed by atoms with Gasteiger partial charge in [0.25, 0.3) is 0 Å². The smallest absolute Gasteiger partial charge is 0.243 e. The fourth-order valence-corrected chi connectivity index (χ4v) is 3.69. The maximum Gasteiger partial charge on any atom is 0.243 e. The number of hydrogen-bond acceptors (Lipinski definition) is 5. The summed E-state index contributed by atoms with van der Waals surface area (Å²) in [5.41, 5.74) is 6.17. The average Bonchev–Trinajstić information content (AvgIpc) is 2.47. The van der Waals surface area contributed by atoms with Crippen LogP contribution in [0.15, 0.2) is 29.2 Å². The monoisotopic (exact) mass is 312 g/mol. The number of carbonyl (C=O) groups is 1. The Hall–Kier alpha value is -1.28. The molecule has 0 saturated carbocycles. The second-order valence-electron chi connectivity index (χ2n) is 5.22. The van der Waals surface area contributed by atoms with Gasteiger partial charge in [-0.25, -0.2) is 8.42 Å². The molecule has 2 unspecified atom stereocenters. The fraction of sp³-hybridized carbons (Fsp3) is 0.500. The van der Waals surface area contributed by atoms with Crippen LogP contribution in [0.5, 0.6) is 0 Å². The van der Waals surface area contributed by atoms with Gasteiger partial charge in [0, 0.05) is 24.7 Å². The lowest BCUT2D eigenvalue weighted by atomic mass is 10.2. The molecule has 2 rings (SSSR count). The van der Waals surface area contributed by atoms with Crippen LogP contribution in [0.2, 0.25) is 0 Å². The average molecular weight is 312 g/mol. The molecule has 1 aromatic carbocycles. The van der Waals surface area contributed by atoms with Crippen molar-refractivity contribution in [3.63, 3.8) is 0 Å². The van der Waals surface area contributed by atoms with Gasteiger partial charge in [-0.3, -0.25) is 4.79 Å². The van der Waals surface area contributed by atoms with Gasteiger partial charge in [0.1, 0.15) is 0 Å². The second-order valence-corrected chi connectivity index (χ2v) is 7.15. The topological polar surface area (TPSA) is 89.7 Å². The number of nitrogens with two attached hydrogens (primary N) is 1. The second kappa shape index (κ2) is 6.23. The van der Waals surface area contributed by atoms with Crippen molar-refractivity contribution in [3.8, 4) is 0 Å². The quantitative estimate of drug-likeness (QED) is 0.823. The molecule has 116 valence electrons. The molecule has 2 atom stereocenters. The third-order valence-electron chi connectivity index (χ3n) is 3.52. The van der Waals surface area contributed by atoms with E-state index in [1.54, 1.807) is 19.1 Å². The van der Waals surface area contributed by atoms with E-state index >= 15 is 0 Å². The Bertz CT molecular complexity index is 628. The molecule has 0 aromatic heterocycles. The van der Waals surface area contributed by atoms with Crippen LogP contribution in [0.3, 0.4) is 0 Å². The Morgan fingerprint density at radius 1 is 1.48 bits per heavy atom. The molecule has 0 aliphatic carbocycles. The van der Waals surface area contributed by atoms with Crippen molar-refractivity contribution in [1.29, 1.82) is 0 Å². The molecule has 1 saturated heterocycles. The summed E-state index contributed by atoms with van der Waals surface area (Å²) in [5, 5.41) is 0. The number of ether oxygens (including phenoxy) is 1. The molecule has 0 amide bonds. The predicted molar refractivity (Wildman–Crippen MR) is 78.6 cm³/mol. The number of rotatable bonds is 4. The third kappa shape index (κ3) is 3.49. The van der Waals surface area contributed by atoms with Gasteiger partial charge in [0.05, 0.1) is 17.6 Å². The summed E-state index contributed by atoms with van der Waals surface area (Å²) in [7, 11) is -3.64. The van der Waals surface area contributed by atoms with E-state index in [0.29, 0.717) is 12.2 Å². The first kappa shape index (κ1) is 16.1. The van der Waals surface area contributed by atoms with Crippen molar-refractivity contribution in [2.24, 2.45) is 5.73 Å². The van der Waals surface area contributed by atoms with Crippen molar-refractivity contribution in [3.05, 3.63) is 29.8 Å². The summed E-state index contributed by atoms with van der Waals surface area (Å²) in [4.78, 5) is 11.5. The van der Waals surface area contributed by atoms with E-state index in [0.717, 1.165) is 0 Å². The lowest BCUT2D eigenvalue weighted by Gasteiger charge is -2.33. The summed E-state index contributed by atoms with van der Waals surface area (Å²) in [6.45, 7) is 4.03. The molecular weight excluding hydrogens is 292 g/mol. The molecule has 2 N–H and O–H groups in total. The van der Waals surface area contributed by atoms with E-state index in [9.17, 15) is 13.2 Å². The molecule has 0 spiro atoms. The van der Waals surface area contributed by atoms with E-state index in [4.69, 9.17) is 10.5 Å². The van der Waals surface area contributed by atoms with Crippen LogP contribution in [0.25, 0.3) is 0 Å². The maximum atomic E-state index is 12.6. The lowest BCUT2D eigenvalue weighted by molar-refractivity contribution is -0.0120. The van der Waals surface area contributed by atoms with Crippen LogP contribution in [0.1, 0.15) is 24.2 Å². The summed E-state index contributed by atoms with van der Waals surface area (Å²) >= 11 is 0. The molecule has 1 heterocycles. The van der Waals surface area contributed by atoms with Gasteiger partial charge in [-0.1, -0.05) is 12.1 Å². The minimum Gasteiger partial charge on any atom is -0.374 e. The SMILES string of the molecule is CC(=O)c1cccc(S(=O)(=O)N2CCOC(C(C)N)C2)c1. The number of carbonyl (C=O) groups excluding carboxylic acids is 1. The van der Waals surface area contributed by atoms with Crippen molar-refractivity contribution in [1.82, 2.24) is 4.31 Å². The van der Waals surface area contributed by atoms with Crippen LogP contribution >= 0.6 is 0 Å². The predicted octanol–water partition coefficient (Wildman–Crippen LogP) is 0.626. The van der Waals surface area contributed by atoms with Crippen LogP contribution in [-0.2, 0) is 14.8 Å². The zero-order valence-electron chi connectivity index (χ0n) is 12.2. The van der Waals surface area contributed by atoms with Crippen molar-refractivity contribution in [2.45, 2.75) is 30.9 Å². The molecule has 6 nitrogen and oxygen atoms in total. The minimum absolute atomic E-state index is 0.125. The van der Waals surface area contributed by atoms with Gasteiger partial charge < -0.3 is 10.5 Å². The Morgan fingerprint density at radius 2 is 2.19 bits per heavy atom. The molecule has 1 aliphatic heterocycles. The van der Waals surface area contributed by atoms with Crippen LogP contribution < -0.4 is 5.73 Å². The number of morpholine rings is 1. The fourth-order valence-electron chi connectivity index (χ4n) is 2.21. The van der Waals surface area contributed by atoms with E-state index in [-0.39, 0.29) is 35.9 Å². The number of sulfonamides is 1. The van der Waals surface area contributed by atoms with Crippen molar-refractivity contribution >= 4 is 15.8 Å². The standard InChI is InChI=1S/C14H20N2O4S/c1-10(15)14-9-16(6-7-20-14)21(18,19)13-5-3-4-12(8-13)11(2)17/h3-5,8,10,14H,6-7,9,15H2,1-2H3. The Kier molecular flexibility index (Phi) is 4.77. The van der Waals surface area contributed by atoms with Crippen LogP contribution in [0, 0.1) is 0 Å². The molecular formula is C14H20N2O4S. The normalized spacial score (nSPS) is 22.0. The van der Waals surface area contributed by atoms with Crippen LogP contribution in [0.4, 0.5) is 0 Å². The number of benzene rings is 1. The zero-order chi connectivity index (χ0) is 15.6. The number of hydrogen-bond donors (Lipinski definition) is 1. The highest BCUT2D eigenvalue weighted by Gasteiger charge is 2.32. The van der Waals surface area contributed by atoms with Gasteiger partial charge in [-0.15, -0.1) is 0 Å². The molecule has 1 aliphatic rings. The first-order chi connectivity index (χ1) is 9.82. The van der Waals surface area contributed by atoms with Gasteiger partial charge in [0.2, 0.25) is 10.0 Å². The van der Waals surface area contributed by atoms with E-state index in [1.807, 2.05) is 0 Å². The van der Waals surface area contributed by atoms with Crippen molar-refractivity contribution < 1.29 is 17.9 Å². The van der Waals surface area contributed by atoms with E-state index in [2.05, 4.69) is 0 Å².